The molecular formula is C20H23NO4S. The third-order valence-electron chi connectivity index (χ3n) is 4.75. The number of likely N-dealkylation sites (tertiary alicyclic amines) is 1. The molecule has 2 aromatic rings. The summed E-state index contributed by atoms with van der Waals surface area (Å²) in [7, 11) is 0. The van der Waals surface area contributed by atoms with Crippen LogP contribution in [0.4, 0.5) is 0 Å². The maximum absolute atomic E-state index is 12.4. The van der Waals surface area contributed by atoms with Gasteiger partial charge < -0.3 is 14.7 Å². The van der Waals surface area contributed by atoms with Gasteiger partial charge >= 0.3 is 5.97 Å². The topological polar surface area (TPSA) is 66.8 Å². The molecule has 1 aliphatic heterocycles. The van der Waals surface area contributed by atoms with E-state index in [1.165, 1.54) is 30.7 Å². The number of amides is 1. The fourth-order valence-corrected chi connectivity index (χ4v) is 3.81. The molecule has 1 saturated heterocycles. The highest BCUT2D eigenvalue weighted by Gasteiger charge is 2.29. The summed E-state index contributed by atoms with van der Waals surface area (Å²) in [5.41, 5.74) is -0.0524. The molecule has 0 radical (unpaired) electrons. The number of thiophene rings is 1. The minimum absolute atomic E-state index is 0.123. The van der Waals surface area contributed by atoms with Crippen molar-refractivity contribution < 1.29 is 19.4 Å². The minimum Gasteiger partial charge on any atom is -0.478 e. The van der Waals surface area contributed by atoms with E-state index < -0.39 is 11.6 Å². The van der Waals surface area contributed by atoms with Crippen LogP contribution in [0.15, 0.2) is 41.8 Å². The largest absolute Gasteiger partial charge is 0.478 e. The number of aliphatic carboxylic acids is 1. The van der Waals surface area contributed by atoms with Gasteiger partial charge in [0.05, 0.1) is 4.88 Å². The molecule has 1 aromatic carbocycles. The van der Waals surface area contributed by atoms with Gasteiger partial charge in [0.15, 0.2) is 5.60 Å². The number of hydrogen-bond donors (Lipinski definition) is 1. The van der Waals surface area contributed by atoms with E-state index in [9.17, 15) is 9.59 Å². The van der Waals surface area contributed by atoms with Crippen LogP contribution >= 0.6 is 11.3 Å². The molecule has 6 heteroatoms. The smallest absolute Gasteiger partial charge is 0.347 e. The van der Waals surface area contributed by atoms with Gasteiger partial charge in [-0.3, -0.25) is 4.79 Å². The Hall–Kier alpha value is -2.34. The molecular weight excluding hydrogens is 350 g/mol. The van der Waals surface area contributed by atoms with E-state index in [1.54, 1.807) is 0 Å². The molecule has 138 valence electrons. The summed E-state index contributed by atoms with van der Waals surface area (Å²) in [6.07, 6.45) is 1.86. The van der Waals surface area contributed by atoms with Crippen molar-refractivity contribution in [3.8, 4) is 5.75 Å². The maximum Gasteiger partial charge on any atom is 0.347 e. The number of nitrogens with zero attached hydrogens (tertiary/aromatic N) is 1. The molecule has 1 fully saturated rings. The molecule has 3 rings (SSSR count). The van der Waals surface area contributed by atoms with E-state index in [0.29, 0.717) is 11.7 Å². The Kier molecular flexibility index (Phi) is 5.32. The van der Waals surface area contributed by atoms with Gasteiger partial charge in [-0.2, -0.15) is 0 Å². The van der Waals surface area contributed by atoms with E-state index in [2.05, 4.69) is 0 Å². The predicted octanol–water partition coefficient (Wildman–Crippen LogP) is 4.01. The van der Waals surface area contributed by atoms with Crippen molar-refractivity contribution in [1.29, 1.82) is 0 Å². The fourth-order valence-electron chi connectivity index (χ4n) is 3.12. The Labute approximate surface area is 157 Å². The second kappa shape index (κ2) is 7.50. The lowest BCUT2D eigenvalue weighted by atomic mass is 9.89. The fraction of sp³-hybridized carbons (Fsp3) is 0.400. The van der Waals surface area contributed by atoms with Crippen molar-refractivity contribution in [3.63, 3.8) is 0 Å². The van der Waals surface area contributed by atoms with Gasteiger partial charge in [-0.05, 0) is 61.7 Å². The first-order valence-electron chi connectivity index (χ1n) is 8.72. The zero-order chi connectivity index (χ0) is 18.7. The van der Waals surface area contributed by atoms with Gasteiger partial charge in [0, 0.05) is 13.1 Å². The number of carboxylic acids is 1. The van der Waals surface area contributed by atoms with Crippen LogP contribution in [0.2, 0.25) is 0 Å². The number of carboxylic acid groups (broad SMARTS) is 1. The normalized spacial score (nSPS) is 15.7. The summed E-state index contributed by atoms with van der Waals surface area (Å²) >= 11 is 1.48. The van der Waals surface area contributed by atoms with Gasteiger partial charge in [-0.1, -0.05) is 18.2 Å². The van der Waals surface area contributed by atoms with Crippen LogP contribution in [-0.2, 0) is 4.79 Å². The molecule has 0 atom stereocenters. The van der Waals surface area contributed by atoms with Gasteiger partial charge in [0.25, 0.3) is 5.91 Å². The highest BCUT2D eigenvalue weighted by Crippen LogP contribution is 2.30. The zero-order valence-corrected chi connectivity index (χ0v) is 15.8. The second-order valence-corrected chi connectivity index (χ2v) is 7.98. The number of ether oxygens (including phenoxy) is 1. The average molecular weight is 373 g/mol. The molecule has 1 aliphatic rings. The van der Waals surface area contributed by atoms with Crippen molar-refractivity contribution in [3.05, 3.63) is 52.2 Å². The summed E-state index contributed by atoms with van der Waals surface area (Å²) in [5, 5.41) is 11.1. The van der Waals surface area contributed by atoms with Crippen molar-refractivity contribution in [1.82, 2.24) is 4.90 Å². The lowest BCUT2D eigenvalue weighted by molar-refractivity contribution is -0.152. The molecule has 0 saturated carbocycles. The number of rotatable bonds is 5. The molecule has 0 aliphatic carbocycles. The van der Waals surface area contributed by atoms with Crippen LogP contribution in [0.3, 0.4) is 0 Å². The summed E-state index contributed by atoms with van der Waals surface area (Å²) in [4.78, 5) is 26.3. The highest BCUT2D eigenvalue weighted by molar-refractivity contribution is 7.12. The lowest BCUT2D eigenvalue weighted by Gasteiger charge is -2.32. The minimum atomic E-state index is -1.25. The summed E-state index contributed by atoms with van der Waals surface area (Å²) < 4.78 is 5.54. The van der Waals surface area contributed by atoms with Gasteiger partial charge in [0.2, 0.25) is 0 Å². The van der Waals surface area contributed by atoms with E-state index in [1.807, 2.05) is 46.7 Å². The van der Waals surface area contributed by atoms with Crippen molar-refractivity contribution in [2.45, 2.75) is 38.2 Å². The van der Waals surface area contributed by atoms with E-state index >= 15 is 0 Å². The number of hydrogen-bond acceptors (Lipinski definition) is 4. The highest BCUT2D eigenvalue weighted by atomic mass is 32.1. The van der Waals surface area contributed by atoms with Crippen molar-refractivity contribution in [2.24, 2.45) is 0 Å². The molecule has 0 bridgehead atoms. The Bertz CT molecular complexity index is 760. The Morgan fingerprint density at radius 1 is 1.15 bits per heavy atom. The molecule has 1 aromatic heterocycles. The van der Waals surface area contributed by atoms with Crippen LogP contribution in [-0.4, -0.2) is 40.6 Å². The summed E-state index contributed by atoms with van der Waals surface area (Å²) in [6.45, 7) is 4.57. The van der Waals surface area contributed by atoms with Crippen molar-refractivity contribution in [2.75, 3.05) is 13.1 Å². The third kappa shape index (κ3) is 4.07. The zero-order valence-electron chi connectivity index (χ0n) is 15.0. The first-order valence-corrected chi connectivity index (χ1v) is 9.60. The van der Waals surface area contributed by atoms with E-state index in [0.717, 1.165) is 30.8 Å². The number of carbonyl (C=O) groups is 2. The van der Waals surface area contributed by atoms with Crippen LogP contribution in [0, 0.1) is 0 Å². The molecule has 1 N–H and O–H groups in total. The number of benzene rings is 1. The third-order valence-corrected chi connectivity index (χ3v) is 5.61. The number of piperidine rings is 1. The molecule has 0 spiro atoms. The quantitative estimate of drug-likeness (QED) is 0.860. The van der Waals surface area contributed by atoms with Crippen LogP contribution in [0.5, 0.6) is 5.75 Å². The Balaban J connectivity index is 1.58. The standard InChI is InChI=1S/C20H23NO4S/c1-20(2,19(23)24)25-16-7-5-14(6-8-16)15-9-11-21(12-10-15)18(22)17-4-3-13-26-17/h3-8,13,15H,9-12H2,1-2H3,(H,23,24). The molecule has 1 amide bonds. The molecule has 0 unspecified atom stereocenters. The van der Waals surface area contributed by atoms with E-state index in [-0.39, 0.29) is 5.91 Å². The van der Waals surface area contributed by atoms with Gasteiger partial charge in [0.1, 0.15) is 5.75 Å². The monoisotopic (exact) mass is 373 g/mol. The van der Waals surface area contributed by atoms with Crippen LogP contribution < -0.4 is 4.74 Å². The van der Waals surface area contributed by atoms with Crippen molar-refractivity contribution >= 4 is 23.2 Å². The summed E-state index contributed by atoms with van der Waals surface area (Å²) in [5.74, 6) is 0.0813. The van der Waals surface area contributed by atoms with E-state index in [4.69, 9.17) is 9.84 Å². The lowest BCUT2D eigenvalue weighted by Crippen LogP contribution is -2.38. The predicted molar refractivity (Wildman–Crippen MR) is 101 cm³/mol. The Morgan fingerprint density at radius 3 is 2.35 bits per heavy atom. The average Bonchev–Trinajstić information content (AvgIpc) is 3.16. The van der Waals surface area contributed by atoms with Gasteiger partial charge in [-0.15, -0.1) is 11.3 Å². The first kappa shape index (κ1) is 18.5. The van der Waals surface area contributed by atoms with Gasteiger partial charge in [-0.25, -0.2) is 4.79 Å². The maximum atomic E-state index is 12.4. The Morgan fingerprint density at radius 2 is 1.81 bits per heavy atom. The second-order valence-electron chi connectivity index (χ2n) is 7.03. The first-order chi connectivity index (χ1) is 12.4. The molecule has 26 heavy (non-hydrogen) atoms. The SMILES string of the molecule is CC(C)(Oc1ccc(C2CCN(C(=O)c3cccs3)CC2)cc1)C(=O)O. The van der Waals surface area contributed by atoms with Crippen LogP contribution in [0.1, 0.15) is 47.8 Å². The molecule has 2 heterocycles. The number of carbonyl (C=O) groups excluding carboxylic acids is 1. The molecule has 5 nitrogen and oxygen atoms in total. The summed E-state index contributed by atoms with van der Waals surface area (Å²) in [6, 6.07) is 11.4. The van der Waals surface area contributed by atoms with Crippen LogP contribution in [0.25, 0.3) is 0 Å².